The molecule has 0 atom stereocenters. The fraction of sp³-hybridized carbons (Fsp3) is 0.364. The van der Waals surface area contributed by atoms with E-state index in [0.29, 0.717) is 44.2 Å². The van der Waals surface area contributed by atoms with Crippen LogP contribution in [0.4, 0.5) is 16.2 Å². The summed E-state index contributed by atoms with van der Waals surface area (Å²) in [7, 11) is -3.92. The Kier molecular flexibility index (Phi) is 7.64. The standard InChI is InChI=1S/C22H27N3O7S/c1-3-31-17-6-8-18(9-7-17)33(29,30)23-16-5-10-20(19(15-16)21(26)27)24-11-13-25(14-12-24)22(28)32-4-2/h5-10,15,23H,3-4,11-14H2,1-2H3,(H,26,27). The van der Waals surface area contributed by atoms with Crippen LogP contribution in [-0.2, 0) is 14.8 Å². The number of hydrogen-bond acceptors (Lipinski definition) is 7. The van der Waals surface area contributed by atoms with Gasteiger partial charge in [0.1, 0.15) is 5.75 Å². The molecule has 10 nitrogen and oxygen atoms in total. The third-order valence-electron chi connectivity index (χ3n) is 5.07. The molecule has 0 aliphatic carbocycles. The molecule has 2 N–H and O–H groups in total. The summed E-state index contributed by atoms with van der Waals surface area (Å²) < 4.78 is 38.2. The lowest BCUT2D eigenvalue weighted by atomic mass is 10.1. The number of piperazine rings is 1. The maximum Gasteiger partial charge on any atom is 0.409 e. The number of rotatable bonds is 8. The molecule has 11 heteroatoms. The summed E-state index contributed by atoms with van der Waals surface area (Å²) in [4.78, 5) is 27.2. The smallest absolute Gasteiger partial charge is 0.409 e. The second-order valence-electron chi connectivity index (χ2n) is 7.22. The highest BCUT2D eigenvalue weighted by atomic mass is 32.2. The van der Waals surface area contributed by atoms with Crippen molar-refractivity contribution in [3.05, 3.63) is 48.0 Å². The minimum absolute atomic E-state index is 0.0296. The summed E-state index contributed by atoms with van der Waals surface area (Å²) >= 11 is 0. The molecule has 0 bridgehead atoms. The van der Waals surface area contributed by atoms with Crippen LogP contribution in [0.3, 0.4) is 0 Å². The zero-order valence-corrected chi connectivity index (χ0v) is 19.3. The number of ether oxygens (including phenoxy) is 2. The molecule has 33 heavy (non-hydrogen) atoms. The van der Waals surface area contributed by atoms with Gasteiger partial charge in [0.05, 0.1) is 29.4 Å². The van der Waals surface area contributed by atoms with Crippen molar-refractivity contribution in [3.8, 4) is 5.75 Å². The molecule has 0 spiro atoms. The maximum absolute atomic E-state index is 12.7. The van der Waals surface area contributed by atoms with Gasteiger partial charge in [-0.15, -0.1) is 0 Å². The summed E-state index contributed by atoms with van der Waals surface area (Å²) in [5.41, 5.74) is 0.552. The molecule has 3 rings (SSSR count). The Morgan fingerprint density at radius 2 is 1.67 bits per heavy atom. The van der Waals surface area contributed by atoms with Crippen LogP contribution in [0, 0.1) is 0 Å². The molecule has 2 aromatic carbocycles. The van der Waals surface area contributed by atoms with E-state index in [0.717, 1.165) is 0 Å². The molecule has 1 saturated heterocycles. The Labute approximate surface area is 192 Å². The lowest BCUT2D eigenvalue weighted by Crippen LogP contribution is -2.49. The normalized spacial score (nSPS) is 14.0. The number of carboxylic acid groups (broad SMARTS) is 1. The number of carboxylic acids is 1. The fourth-order valence-electron chi connectivity index (χ4n) is 3.49. The highest BCUT2D eigenvalue weighted by molar-refractivity contribution is 7.92. The number of aromatic carboxylic acids is 1. The molecule has 0 saturated carbocycles. The summed E-state index contributed by atoms with van der Waals surface area (Å²) in [6.45, 7) is 5.96. The van der Waals surface area contributed by atoms with E-state index in [1.807, 2.05) is 11.8 Å². The van der Waals surface area contributed by atoms with E-state index in [4.69, 9.17) is 9.47 Å². The summed E-state index contributed by atoms with van der Waals surface area (Å²) in [5.74, 6) is -0.628. The van der Waals surface area contributed by atoms with Gasteiger partial charge in [-0.05, 0) is 56.3 Å². The van der Waals surface area contributed by atoms with Gasteiger partial charge in [-0.25, -0.2) is 18.0 Å². The molecule has 1 aliphatic heterocycles. The van der Waals surface area contributed by atoms with Gasteiger partial charge in [0.25, 0.3) is 10.0 Å². The highest BCUT2D eigenvalue weighted by Gasteiger charge is 2.25. The molecule has 0 unspecified atom stereocenters. The van der Waals surface area contributed by atoms with Crippen molar-refractivity contribution in [2.45, 2.75) is 18.7 Å². The van der Waals surface area contributed by atoms with Crippen molar-refractivity contribution < 1.29 is 32.6 Å². The van der Waals surface area contributed by atoms with Gasteiger partial charge in [-0.2, -0.15) is 0 Å². The van der Waals surface area contributed by atoms with Crippen molar-refractivity contribution >= 4 is 33.5 Å². The van der Waals surface area contributed by atoms with Crippen LogP contribution in [0.25, 0.3) is 0 Å². The Hall–Kier alpha value is -3.47. The largest absolute Gasteiger partial charge is 0.494 e. The number of hydrogen-bond donors (Lipinski definition) is 2. The first kappa shape index (κ1) is 24.2. The Morgan fingerprint density at radius 3 is 2.24 bits per heavy atom. The predicted molar refractivity (Wildman–Crippen MR) is 123 cm³/mol. The van der Waals surface area contributed by atoms with Gasteiger partial charge in [-0.3, -0.25) is 4.72 Å². The minimum atomic E-state index is -3.92. The fourth-order valence-corrected chi connectivity index (χ4v) is 4.54. The quantitative estimate of drug-likeness (QED) is 0.595. The molecule has 0 aromatic heterocycles. The Morgan fingerprint density at radius 1 is 1.00 bits per heavy atom. The van der Waals surface area contributed by atoms with E-state index in [1.54, 1.807) is 30.0 Å². The molecular formula is C22H27N3O7S. The van der Waals surface area contributed by atoms with E-state index in [2.05, 4.69) is 4.72 Å². The zero-order chi connectivity index (χ0) is 24.0. The van der Waals surface area contributed by atoms with E-state index in [9.17, 15) is 23.1 Å². The van der Waals surface area contributed by atoms with E-state index in [-0.39, 0.29) is 22.8 Å². The molecule has 178 valence electrons. The molecular weight excluding hydrogens is 450 g/mol. The van der Waals surface area contributed by atoms with Crippen LogP contribution in [0.15, 0.2) is 47.4 Å². The van der Waals surface area contributed by atoms with Gasteiger partial charge in [0.2, 0.25) is 0 Å². The molecule has 1 aliphatic rings. The molecule has 1 amide bonds. The Balaban J connectivity index is 1.76. The van der Waals surface area contributed by atoms with Crippen molar-refractivity contribution in [3.63, 3.8) is 0 Å². The lowest BCUT2D eigenvalue weighted by Gasteiger charge is -2.36. The van der Waals surface area contributed by atoms with Crippen LogP contribution in [-0.4, -0.2) is 69.9 Å². The summed E-state index contributed by atoms with van der Waals surface area (Å²) in [5, 5.41) is 9.73. The van der Waals surface area contributed by atoms with Crippen molar-refractivity contribution in [1.29, 1.82) is 0 Å². The highest BCUT2D eigenvalue weighted by Crippen LogP contribution is 2.27. The van der Waals surface area contributed by atoms with E-state index >= 15 is 0 Å². The number of carbonyl (C=O) groups is 2. The van der Waals surface area contributed by atoms with Crippen LogP contribution >= 0.6 is 0 Å². The number of amides is 1. The third kappa shape index (κ3) is 5.86. The maximum atomic E-state index is 12.7. The average Bonchev–Trinajstić information content (AvgIpc) is 2.79. The Bertz CT molecular complexity index is 1100. The number of benzene rings is 2. The van der Waals surface area contributed by atoms with E-state index < -0.39 is 22.1 Å². The second kappa shape index (κ2) is 10.4. The molecule has 2 aromatic rings. The summed E-state index contributed by atoms with van der Waals surface area (Å²) in [6, 6.07) is 10.3. The van der Waals surface area contributed by atoms with Crippen LogP contribution < -0.4 is 14.4 Å². The lowest BCUT2D eigenvalue weighted by molar-refractivity contribution is 0.0696. The molecule has 0 radical (unpaired) electrons. The number of nitrogens with zero attached hydrogens (tertiary/aromatic N) is 2. The minimum Gasteiger partial charge on any atom is -0.494 e. The van der Waals surface area contributed by atoms with Gasteiger partial charge in [0.15, 0.2) is 0 Å². The van der Waals surface area contributed by atoms with Crippen LogP contribution in [0.2, 0.25) is 0 Å². The first-order valence-electron chi connectivity index (χ1n) is 10.5. The predicted octanol–water partition coefficient (Wildman–Crippen LogP) is 2.86. The topological polar surface area (TPSA) is 125 Å². The molecule has 1 fully saturated rings. The van der Waals surface area contributed by atoms with Gasteiger partial charge in [-0.1, -0.05) is 0 Å². The van der Waals surface area contributed by atoms with Gasteiger partial charge < -0.3 is 24.4 Å². The monoisotopic (exact) mass is 477 g/mol. The van der Waals surface area contributed by atoms with Crippen LogP contribution in [0.1, 0.15) is 24.2 Å². The number of carbonyl (C=O) groups excluding carboxylic acids is 1. The third-order valence-corrected chi connectivity index (χ3v) is 6.47. The number of sulfonamides is 1. The van der Waals surface area contributed by atoms with Gasteiger partial charge in [0, 0.05) is 31.9 Å². The molecule has 1 heterocycles. The van der Waals surface area contributed by atoms with E-state index in [1.165, 1.54) is 24.3 Å². The van der Waals surface area contributed by atoms with Gasteiger partial charge >= 0.3 is 12.1 Å². The van der Waals surface area contributed by atoms with Crippen molar-refractivity contribution in [1.82, 2.24) is 4.90 Å². The zero-order valence-electron chi connectivity index (χ0n) is 18.5. The first-order valence-corrected chi connectivity index (χ1v) is 12.0. The van der Waals surface area contributed by atoms with Crippen molar-refractivity contribution in [2.75, 3.05) is 49.0 Å². The summed E-state index contributed by atoms with van der Waals surface area (Å²) in [6.07, 6.45) is -0.394. The van der Waals surface area contributed by atoms with Crippen LogP contribution in [0.5, 0.6) is 5.75 Å². The second-order valence-corrected chi connectivity index (χ2v) is 8.90. The number of anilines is 2. The first-order chi connectivity index (χ1) is 15.7. The average molecular weight is 478 g/mol. The number of nitrogens with one attached hydrogen (secondary N) is 1. The van der Waals surface area contributed by atoms with Crippen molar-refractivity contribution in [2.24, 2.45) is 0 Å². The SMILES string of the molecule is CCOC(=O)N1CCN(c2ccc(NS(=O)(=O)c3ccc(OCC)cc3)cc2C(=O)O)CC1.